The fraction of sp³-hybridized carbons (Fsp3) is 0.222. The zero-order chi connectivity index (χ0) is 26.5. The highest BCUT2D eigenvalue weighted by molar-refractivity contribution is 6.06. The van der Waals surface area contributed by atoms with Gasteiger partial charge in [0.25, 0.3) is 11.8 Å². The second kappa shape index (κ2) is 11.1. The molecule has 0 heterocycles. The minimum absolute atomic E-state index is 0.0112. The summed E-state index contributed by atoms with van der Waals surface area (Å²) in [5.74, 6) is -1.73. The smallest absolute Gasteiger partial charge is 0.340 e. The van der Waals surface area contributed by atoms with Crippen LogP contribution in [0.1, 0.15) is 45.7 Å². The molecule has 0 saturated heterocycles. The standard InChI is InChI=1S/C27H26F3N3O3/c1-16(2)23(33-24(34)18-12-10-17(3)11-13-18)26(36)32-21-8-4-6-19(14-21)25(35)31-22-9-5-7-20(15-22)27(28,29)30/h4-16,23H,1-3H3,(H,31,35)(H,32,36)(H,33,34). The number of halogens is 3. The lowest BCUT2D eigenvalue weighted by Crippen LogP contribution is -2.47. The second-order valence-electron chi connectivity index (χ2n) is 8.66. The van der Waals surface area contributed by atoms with Crippen molar-refractivity contribution in [1.29, 1.82) is 0 Å². The maximum Gasteiger partial charge on any atom is 0.416 e. The molecular weight excluding hydrogens is 471 g/mol. The first-order chi connectivity index (χ1) is 16.9. The molecule has 0 aliphatic rings. The highest BCUT2D eigenvalue weighted by Gasteiger charge is 2.30. The molecule has 3 aromatic carbocycles. The van der Waals surface area contributed by atoms with Crippen molar-refractivity contribution >= 4 is 29.1 Å². The number of carbonyl (C=O) groups is 3. The van der Waals surface area contributed by atoms with Crippen molar-refractivity contribution in [2.45, 2.75) is 33.0 Å². The number of carbonyl (C=O) groups excluding carboxylic acids is 3. The lowest BCUT2D eigenvalue weighted by Gasteiger charge is -2.22. The van der Waals surface area contributed by atoms with Crippen LogP contribution in [0.25, 0.3) is 0 Å². The zero-order valence-electron chi connectivity index (χ0n) is 19.9. The lowest BCUT2D eigenvalue weighted by atomic mass is 10.0. The predicted octanol–water partition coefficient (Wildman–Crippen LogP) is 5.66. The summed E-state index contributed by atoms with van der Waals surface area (Å²) in [4.78, 5) is 38.2. The van der Waals surface area contributed by atoms with Gasteiger partial charge in [-0.25, -0.2) is 0 Å². The number of amides is 3. The van der Waals surface area contributed by atoms with E-state index in [0.29, 0.717) is 11.3 Å². The average Bonchev–Trinajstić information content (AvgIpc) is 2.82. The van der Waals surface area contributed by atoms with Crippen LogP contribution in [0.5, 0.6) is 0 Å². The molecule has 6 nitrogen and oxygen atoms in total. The summed E-state index contributed by atoms with van der Waals surface area (Å²) in [5, 5.41) is 7.86. The molecule has 36 heavy (non-hydrogen) atoms. The van der Waals surface area contributed by atoms with Gasteiger partial charge in [-0.15, -0.1) is 0 Å². The van der Waals surface area contributed by atoms with Crippen molar-refractivity contribution in [3.05, 3.63) is 95.1 Å². The van der Waals surface area contributed by atoms with Crippen LogP contribution in [0.4, 0.5) is 24.5 Å². The molecule has 0 aliphatic carbocycles. The minimum atomic E-state index is -4.53. The van der Waals surface area contributed by atoms with Gasteiger partial charge in [0.15, 0.2) is 0 Å². The van der Waals surface area contributed by atoms with Crippen LogP contribution >= 0.6 is 0 Å². The third-order valence-corrected chi connectivity index (χ3v) is 5.39. The molecule has 0 saturated carbocycles. The molecule has 0 bridgehead atoms. The first-order valence-corrected chi connectivity index (χ1v) is 11.2. The van der Waals surface area contributed by atoms with E-state index in [-0.39, 0.29) is 17.2 Å². The number of rotatable bonds is 7. The summed E-state index contributed by atoms with van der Waals surface area (Å²) in [6.45, 7) is 5.48. The first-order valence-electron chi connectivity index (χ1n) is 11.2. The largest absolute Gasteiger partial charge is 0.416 e. The summed E-state index contributed by atoms with van der Waals surface area (Å²) in [6, 6.07) is 16.4. The van der Waals surface area contributed by atoms with E-state index < -0.39 is 35.5 Å². The number of hydrogen-bond donors (Lipinski definition) is 3. The Morgan fingerprint density at radius 3 is 1.97 bits per heavy atom. The maximum absolute atomic E-state index is 12.9. The number of benzene rings is 3. The van der Waals surface area contributed by atoms with Gasteiger partial charge in [-0.3, -0.25) is 14.4 Å². The Kier molecular flexibility index (Phi) is 8.14. The monoisotopic (exact) mass is 497 g/mol. The average molecular weight is 498 g/mol. The Labute approximate surface area is 206 Å². The summed E-state index contributed by atoms with van der Waals surface area (Å²) in [5.41, 5.74) is 0.965. The molecule has 9 heteroatoms. The van der Waals surface area contributed by atoms with Crippen LogP contribution in [0.15, 0.2) is 72.8 Å². The van der Waals surface area contributed by atoms with Crippen LogP contribution in [-0.2, 0) is 11.0 Å². The molecule has 0 aromatic heterocycles. The number of aryl methyl sites for hydroxylation is 1. The van der Waals surface area contributed by atoms with Gasteiger partial charge < -0.3 is 16.0 Å². The summed E-state index contributed by atoms with van der Waals surface area (Å²) < 4.78 is 38.8. The van der Waals surface area contributed by atoms with Gasteiger partial charge in [0, 0.05) is 22.5 Å². The third kappa shape index (κ3) is 6.94. The lowest BCUT2D eigenvalue weighted by molar-refractivity contribution is -0.137. The van der Waals surface area contributed by atoms with Crippen LogP contribution in [0.2, 0.25) is 0 Å². The van der Waals surface area contributed by atoms with Crippen molar-refractivity contribution in [3.8, 4) is 0 Å². The number of anilines is 2. The Bertz CT molecular complexity index is 1250. The molecule has 1 unspecified atom stereocenters. The predicted molar refractivity (Wildman–Crippen MR) is 132 cm³/mol. The molecule has 0 fully saturated rings. The van der Waals surface area contributed by atoms with Gasteiger partial charge >= 0.3 is 6.18 Å². The van der Waals surface area contributed by atoms with Crippen molar-refractivity contribution in [1.82, 2.24) is 5.32 Å². The Morgan fingerprint density at radius 2 is 1.36 bits per heavy atom. The van der Waals surface area contributed by atoms with Gasteiger partial charge in [-0.1, -0.05) is 43.7 Å². The zero-order valence-corrected chi connectivity index (χ0v) is 19.9. The summed E-state index contributed by atoms with van der Waals surface area (Å²) >= 11 is 0. The molecule has 188 valence electrons. The quantitative estimate of drug-likeness (QED) is 0.394. The molecule has 1 atom stereocenters. The van der Waals surface area contributed by atoms with E-state index in [1.54, 1.807) is 44.2 Å². The Hall–Kier alpha value is -4.14. The van der Waals surface area contributed by atoms with Gasteiger partial charge in [0.1, 0.15) is 6.04 Å². The molecule has 3 N–H and O–H groups in total. The van der Waals surface area contributed by atoms with Gasteiger partial charge in [-0.2, -0.15) is 13.2 Å². The van der Waals surface area contributed by atoms with Crippen LogP contribution in [0.3, 0.4) is 0 Å². The van der Waals surface area contributed by atoms with Crippen molar-refractivity contribution < 1.29 is 27.6 Å². The van der Waals surface area contributed by atoms with Crippen LogP contribution in [-0.4, -0.2) is 23.8 Å². The van der Waals surface area contributed by atoms with Gasteiger partial charge in [0.2, 0.25) is 5.91 Å². The second-order valence-corrected chi connectivity index (χ2v) is 8.66. The Morgan fingerprint density at radius 1 is 0.750 bits per heavy atom. The van der Waals surface area contributed by atoms with Gasteiger partial charge in [0.05, 0.1) is 5.56 Å². The fourth-order valence-corrected chi connectivity index (χ4v) is 3.40. The van der Waals surface area contributed by atoms with E-state index in [4.69, 9.17) is 0 Å². The van der Waals surface area contributed by atoms with Crippen molar-refractivity contribution in [2.24, 2.45) is 5.92 Å². The number of hydrogen-bond acceptors (Lipinski definition) is 3. The van der Waals surface area contributed by atoms with Crippen molar-refractivity contribution in [2.75, 3.05) is 10.6 Å². The third-order valence-electron chi connectivity index (χ3n) is 5.39. The molecule has 3 rings (SSSR count). The summed E-state index contributed by atoms with van der Waals surface area (Å²) in [7, 11) is 0. The SMILES string of the molecule is Cc1ccc(C(=O)NC(C(=O)Nc2cccc(C(=O)Nc3cccc(C(F)(F)F)c3)c2)C(C)C)cc1. The highest BCUT2D eigenvalue weighted by Crippen LogP contribution is 2.30. The van der Waals surface area contributed by atoms with E-state index >= 15 is 0 Å². The minimum Gasteiger partial charge on any atom is -0.340 e. The van der Waals surface area contributed by atoms with E-state index in [1.165, 1.54) is 30.3 Å². The maximum atomic E-state index is 12.9. The molecule has 3 aromatic rings. The van der Waals surface area contributed by atoms with E-state index in [0.717, 1.165) is 17.7 Å². The summed E-state index contributed by atoms with van der Waals surface area (Å²) in [6.07, 6.45) is -4.53. The van der Waals surface area contributed by atoms with Crippen LogP contribution in [0, 0.1) is 12.8 Å². The van der Waals surface area contributed by atoms with Crippen LogP contribution < -0.4 is 16.0 Å². The first kappa shape index (κ1) is 26.5. The molecular formula is C27H26F3N3O3. The van der Waals surface area contributed by atoms with E-state index in [1.807, 2.05) is 6.92 Å². The van der Waals surface area contributed by atoms with E-state index in [2.05, 4.69) is 16.0 Å². The van der Waals surface area contributed by atoms with Gasteiger partial charge in [-0.05, 0) is 61.4 Å². The Balaban J connectivity index is 1.70. The molecule has 0 aliphatic heterocycles. The topological polar surface area (TPSA) is 87.3 Å². The molecule has 0 spiro atoms. The number of alkyl halides is 3. The molecule has 0 radical (unpaired) electrons. The number of nitrogens with one attached hydrogen (secondary N) is 3. The normalized spacial score (nSPS) is 12.1. The highest BCUT2D eigenvalue weighted by atomic mass is 19.4. The van der Waals surface area contributed by atoms with E-state index in [9.17, 15) is 27.6 Å². The fourth-order valence-electron chi connectivity index (χ4n) is 3.40. The molecule has 3 amide bonds. The van der Waals surface area contributed by atoms with Crippen molar-refractivity contribution in [3.63, 3.8) is 0 Å².